The Bertz CT molecular complexity index is 1040. The summed E-state index contributed by atoms with van der Waals surface area (Å²) < 4.78 is 23.7. The minimum Gasteiger partial charge on any atom is -0.462 e. The minimum atomic E-state index is -1.13. The summed E-state index contributed by atoms with van der Waals surface area (Å²) in [4.78, 5) is 51.4. The Morgan fingerprint density at radius 2 is 1.74 bits per heavy atom. The molecule has 2 aromatic rings. The molecule has 0 radical (unpaired) electrons. The average Bonchev–Trinajstić information content (AvgIpc) is 3.24. The maximum Gasteiger partial charge on any atom is 0.338 e. The van der Waals surface area contributed by atoms with E-state index in [0.29, 0.717) is 24.3 Å². The van der Waals surface area contributed by atoms with Gasteiger partial charge in [0.2, 0.25) is 11.7 Å². The van der Waals surface area contributed by atoms with Crippen LogP contribution < -0.4 is 4.90 Å². The molecule has 1 aliphatic rings. The third kappa shape index (κ3) is 6.20. The third-order valence-corrected chi connectivity index (χ3v) is 5.58. The van der Waals surface area contributed by atoms with Gasteiger partial charge in [0.1, 0.15) is 5.82 Å². The second-order valence-corrected chi connectivity index (χ2v) is 8.24. The summed E-state index contributed by atoms with van der Waals surface area (Å²) in [5.41, 5.74) is 1.10. The van der Waals surface area contributed by atoms with Gasteiger partial charge in [0, 0.05) is 36.5 Å². The van der Waals surface area contributed by atoms with Crippen LogP contribution >= 0.6 is 11.6 Å². The van der Waals surface area contributed by atoms with Crippen molar-refractivity contribution in [3.05, 3.63) is 65.5 Å². The zero-order valence-corrected chi connectivity index (χ0v) is 19.4. The molecular formula is C25H25ClFNO6. The summed E-state index contributed by atoms with van der Waals surface area (Å²) >= 11 is 5.79. The van der Waals surface area contributed by atoms with Crippen LogP contribution in [0.15, 0.2) is 48.5 Å². The molecule has 1 amide bonds. The van der Waals surface area contributed by atoms with Crippen LogP contribution in [0.25, 0.3) is 0 Å². The third-order valence-electron chi connectivity index (χ3n) is 5.36. The normalized spacial score (nSPS) is 16.3. The predicted molar refractivity (Wildman–Crippen MR) is 123 cm³/mol. The highest BCUT2D eigenvalue weighted by Crippen LogP contribution is 2.27. The fourth-order valence-corrected chi connectivity index (χ4v) is 3.75. The van der Waals surface area contributed by atoms with Crippen LogP contribution in [0, 0.1) is 11.7 Å². The number of anilines is 1. The van der Waals surface area contributed by atoms with Crippen LogP contribution in [0.1, 0.15) is 46.9 Å². The van der Waals surface area contributed by atoms with Gasteiger partial charge in [0.25, 0.3) is 0 Å². The van der Waals surface area contributed by atoms with Crippen molar-refractivity contribution in [2.75, 3.05) is 23.9 Å². The van der Waals surface area contributed by atoms with E-state index < -0.39 is 35.6 Å². The summed E-state index contributed by atoms with van der Waals surface area (Å²) in [5.74, 6) is -3.06. The Hall–Kier alpha value is -3.26. The maximum atomic E-state index is 13.2. The van der Waals surface area contributed by atoms with E-state index in [1.807, 2.05) is 6.92 Å². The van der Waals surface area contributed by atoms with Crippen molar-refractivity contribution in [2.24, 2.45) is 5.92 Å². The van der Waals surface area contributed by atoms with Crippen LogP contribution in [0.5, 0.6) is 0 Å². The van der Waals surface area contributed by atoms with E-state index in [9.17, 15) is 23.6 Å². The molecule has 2 atom stereocenters. The second kappa shape index (κ2) is 11.7. The highest BCUT2D eigenvalue weighted by Gasteiger charge is 2.38. The SMILES string of the molecule is CCCOC(=O)c1ccc(N2C[C@@H](C(=O)O[C@@H](CCCl)C(=O)c3ccc(F)cc3)CC2=O)cc1. The van der Waals surface area contributed by atoms with Gasteiger partial charge < -0.3 is 14.4 Å². The first-order valence-electron chi connectivity index (χ1n) is 11.0. The van der Waals surface area contributed by atoms with Gasteiger partial charge in [-0.05, 0) is 55.0 Å². The van der Waals surface area contributed by atoms with E-state index in [1.165, 1.54) is 17.0 Å². The first kappa shape index (κ1) is 25.4. The number of ketones is 1. The molecule has 3 rings (SSSR count). The van der Waals surface area contributed by atoms with Crippen molar-refractivity contribution in [3.63, 3.8) is 0 Å². The van der Waals surface area contributed by atoms with Gasteiger partial charge in [-0.2, -0.15) is 0 Å². The Morgan fingerprint density at radius 1 is 1.09 bits per heavy atom. The molecule has 180 valence electrons. The van der Waals surface area contributed by atoms with E-state index in [1.54, 1.807) is 24.3 Å². The van der Waals surface area contributed by atoms with Gasteiger partial charge in [-0.3, -0.25) is 14.4 Å². The number of benzene rings is 2. The lowest BCUT2D eigenvalue weighted by molar-refractivity contribution is -0.151. The number of hydrogen-bond donors (Lipinski definition) is 0. The average molecular weight is 490 g/mol. The summed E-state index contributed by atoms with van der Waals surface area (Å²) in [6.07, 6.45) is -0.404. The molecule has 0 aliphatic carbocycles. The molecule has 0 N–H and O–H groups in total. The summed E-state index contributed by atoms with van der Waals surface area (Å²) in [5, 5.41) is 0. The van der Waals surface area contributed by atoms with Crippen LogP contribution in [0.2, 0.25) is 0 Å². The van der Waals surface area contributed by atoms with Crippen molar-refractivity contribution in [2.45, 2.75) is 32.3 Å². The van der Waals surface area contributed by atoms with Gasteiger partial charge in [-0.25, -0.2) is 9.18 Å². The van der Waals surface area contributed by atoms with Crippen LogP contribution in [-0.4, -0.2) is 48.8 Å². The molecular weight excluding hydrogens is 465 g/mol. The van der Waals surface area contributed by atoms with Gasteiger partial charge in [-0.1, -0.05) is 6.92 Å². The number of Topliss-reactive ketones (excluding diaryl/α,β-unsaturated/α-hetero) is 1. The molecule has 9 heteroatoms. The molecule has 1 aliphatic heterocycles. The van der Waals surface area contributed by atoms with Gasteiger partial charge in [-0.15, -0.1) is 11.6 Å². The minimum absolute atomic E-state index is 0.0720. The second-order valence-electron chi connectivity index (χ2n) is 7.86. The number of amides is 1. The molecule has 0 unspecified atom stereocenters. The van der Waals surface area contributed by atoms with E-state index in [2.05, 4.69) is 0 Å². The van der Waals surface area contributed by atoms with E-state index in [4.69, 9.17) is 21.1 Å². The Balaban J connectivity index is 1.64. The lowest BCUT2D eigenvalue weighted by Gasteiger charge is -2.19. The lowest BCUT2D eigenvalue weighted by atomic mass is 10.0. The van der Waals surface area contributed by atoms with E-state index in [-0.39, 0.29) is 36.7 Å². The molecule has 1 saturated heterocycles. The fraction of sp³-hybridized carbons (Fsp3) is 0.360. The van der Waals surface area contributed by atoms with Crippen LogP contribution in [0.3, 0.4) is 0 Å². The maximum absolute atomic E-state index is 13.2. The number of hydrogen-bond acceptors (Lipinski definition) is 6. The standard InChI is InChI=1S/C25H25ClFNO6/c1-2-13-33-24(31)17-5-9-20(10-6-17)28-15-18(14-22(28)29)25(32)34-21(11-12-26)23(30)16-3-7-19(27)8-4-16/h3-10,18,21H,2,11-15H2,1H3/t18-,21-/m0/s1. The fourth-order valence-electron chi connectivity index (χ4n) is 3.55. The zero-order valence-electron chi connectivity index (χ0n) is 18.7. The largest absolute Gasteiger partial charge is 0.462 e. The Kier molecular flexibility index (Phi) is 8.76. The molecule has 0 aromatic heterocycles. The number of carbonyl (C=O) groups is 4. The molecule has 7 nitrogen and oxygen atoms in total. The Labute approximate surface area is 201 Å². The summed E-state index contributed by atoms with van der Waals surface area (Å²) in [6, 6.07) is 11.3. The molecule has 0 spiro atoms. The van der Waals surface area contributed by atoms with Crippen molar-refractivity contribution in [3.8, 4) is 0 Å². The topological polar surface area (TPSA) is 90.0 Å². The van der Waals surface area contributed by atoms with Crippen molar-refractivity contribution in [1.82, 2.24) is 0 Å². The number of ether oxygens (including phenoxy) is 2. The monoisotopic (exact) mass is 489 g/mol. The molecule has 1 heterocycles. The van der Waals surface area contributed by atoms with Crippen LogP contribution in [0.4, 0.5) is 10.1 Å². The summed E-state index contributed by atoms with van der Waals surface area (Å²) in [6.45, 7) is 2.30. The van der Waals surface area contributed by atoms with Crippen LogP contribution in [-0.2, 0) is 19.1 Å². The Morgan fingerprint density at radius 3 is 2.35 bits per heavy atom. The quantitative estimate of drug-likeness (QED) is 0.283. The first-order chi connectivity index (χ1) is 16.3. The molecule has 34 heavy (non-hydrogen) atoms. The number of halogens is 2. The number of alkyl halides is 1. The van der Waals surface area contributed by atoms with E-state index >= 15 is 0 Å². The number of nitrogens with zero attached hydrogens (tertiary/aromatic N) is 1. The summed E-state index contributed by atoms with van der Waals surface area (Å²) in [7, 11) is 0. The van der Waals surface area contributed by atoms with E-state index in [0.717, 1.165) is 12.1 Å². The van der Waals surface area contributed by atoms with Gasteiger partial charge >= 0.3 is 11.9 Å². The van der Waals surface area contributed by atoms with Crippen molar-refractivity contribution < 1.29 is 33.0 Å². The number of esters is 2. The highest BCUT2D eigenvalue weighted by atomic mass is 35.5. The highest BCUT2D eigenvalue weighted by molar-refractivity contribution is 6.18. The zero-order chi connectivity index (χ0) is 24.7. The molecule has 0 saturated carbocycles. The number of carbonyl (C=O) groups excluding carboxylic acids is 4. The first-order valence-corrected chi connectivity index (χ1v) is 11.5. The molecule has 0 bridgehead atoms. The smallest absolute Gasteiger partial charge is 0.338 e. The van der Waals surface area contributed by atoms with Crippen molar-refractivity contribution in [1.29, 1.82) is 0 Å². The predicted octanol–water partition coefficient (Wildman–Crippen LogP) is 4.17. The molecule has 2 aromatic carbocycles. The van der Waals surface area contributed by atoms with Gasteiger partial charge in [0.05, 0.1) is 18.1 Å². The van der Waals surface area contributed by atoms with Gasteiger partial charge in [0.15, 0.2) is 6.10 Å². The number of rotatable bonds is 10. The lowest BCUT2D eigenvalue weighted by Crippen LogP contribution is -2.32. The van der Waals surface area contributed by atoms with Crippen molar-refractivity contribution >= 4 is 40.9 Å². The molecule has 1 fully saturated rings.